The molecular formula is C12H15NO4. The summed E-state index contributed by atoms with van der Waals surface area (Å²) in [4.78, 5) is 10.6. The van der Waals surface area contributed by atoms with Crippen LogP contribution < -0.4 is 10.1 Å². The molecule has 0 bridgehead atoms. The molecule has 0 aliphatic carbocycles. The molecule has 0 aromatic heterocycles. The van der Waals surface area contributed by atoms with Crippen LogP contribution in [0.25, 0.3) is 0 Å². The van der Waals surface area contributed by atoms with E-state index >= 15 is 0 Å². The van der Waals surface area contributed by atoms with Crippen LogP contribution >= 0.6 is 0 Å². The molecule has 1 aromatic carbocycles. The van der Waals surface area contributed by atoms with Gasteiger partial charge in [0.1, 0.15) is 6.61 Å². The second kappa shape index (κ2) is 5.65. The summed E-state index contributed by atoms with van der Waals surface area (Å²) in [6.45, 7) is 2.50. The second-order valence-corrected chi connectivity index (χ2v) is 3.85. The van der Waals surface area contributed by atoms with Crippen molar-refractivity contribution < 1.29 is 19.4 Å². The smallest absolute Gasteiger partial charge is 0.168 e. The van der Waals surface area contributed by atoms with Crippen molar-refractivity contribution in [2.75, 3.05) is 26.4 Å². The first-order chi connectivity index (χ1) is 8.31. The molecule has 1 aliphatic rings. The number of ether oxygens (including phenoxy) is 2. The van der Waals surface area contributed by atoms with Gasteiger partial charge in [0.15, 0.2) is 17.8 Å². The van der Waals surface area contributed by atoms with Crippen molar-refractivity contribution in [3.05, 3.63) is 23.8 Å². The zero-order valence-corrected chi connectivity index (χ0v) is 9.39. The summed E-state index contributed by atoms with van der Waals surface area (Å²) in [6, 6.07) is 4.95. The van der Waals surface area contributed by atoms with Crippen molar-refractivity contribution in [1.82, 2.24) is 5.32 Å². The van der Waals surface area contributed by atoms with Crippen molar-refractivity contribution in [2.24, 2.45) is 0 Å². The van der Waals surface area contributed by atoms with Crippen LogP contribution in [0.2, 0.25) is 0 Å². The van der Waals surface area contributed by atoms with Gasteiger partial charge >= 0.3 is 0 Å². The van der Waals surface area contributed by atoms with Gasteiger partial charge in [-0.1, -0.05) is 6.07 Å². The first-order valence-corrected chi connectivity index (χ1v) is 5.52. The van der Waals surface area contributed by atoms with Crippen molar-refractivity contribution >= 4 is 6.29 Å². The van der Waals surface area contributed by atoms with Gasteiger partial charge in [-0.2, -0.15) is 0 Å². The lowest BCUT2D eigenvalue weighted by atomic mass is 10.2. The van der Waals surface area contributed by atoms with E-state index in [0.717, 1.165) is 6.54 Å². The molecule has 2 rings (SSSR count). The van der Waals surface area contributed by atoms with Gasteiger partial charge in [-0.15, -0.1) is 0 Å². The van der Waals surface area contributed by atoms with E-state index in [0.29, 0.717) is 31.9 Å². The molecule has 1 aromatic rings. The third-order valence-corrected chi connectivity index (χ3v) is 2.60. The molecule has 1 aliphatic heterocycles. The van der Waals surface area contributed by atoms with Crippen LogP contribution in [-0.4, -0.2) is 43.8 Å². The summed E-state index contributed by atoms with van der Waals surface area (Å²) in [5.74, 6) is 0.209. The Balaban J connectivity index is 1.96. The molecular weight excluding hydrogens is 222 g/mol. The SMILES string of the molecule is O=Cc1cccc(OCC2COCCN2)c1O. The molecule has 2 N–H and O–H groups in total. The summed E-state index contributed by atoms with van der Waals surface area (Å²) in [7, 11) is 0. The van der Waals surface area contributed by atoms with E-state index in [4.69, 9.17) is 9.47 Å². The summed E-state index contributed by atoms with van der Waals surface area (Å²) >= 11 is 0. The van der Waals surface area contributed by atoms with Crippen LogP contribution in [0.5, 0.6) is 11.5 Å². The summed E-state index contributed by atoms with van der Waals surface area (Å²) in [5, 5.41) is 12.9. The quantitative estimate of drug-likeness (QED) is 0.749. The Morgan fingerprint density at radius 2 is 2.47 bits per heavy atom. The number of hydrogen-bond acceptors (Lipinski definition) is 5. The number of rotatable bonds is 4. The molecule has 1 atom stereocenters. The van der Waals surface area contributed by atoms with E-state index < -0.39 is 0 Å². The van der Waals surface area contributed by atoms with Crippen LogP contribution in [0.1, 0.15) is 10.4 Å². The maximum absolute atomic E-state index is 10.6. The van der Waals surface area contributed by atoms with Gasteiger partial charge in [-0.05, 0) is 12.1 Å². The van der Waals surface area contributed by atoms with E-state index in [-0.39, 0.29) is 17.4 Å². The molecule has 1 fully saturated rings. The Morgan fingerprint density at radius 3 is 3.18 bits per heavy atom. The van der Waals surface area contributed by atoms with Gasteiger partial charge in [0.25, 0.3) is 0 Å². The zero-order valence-electron chi connectivity index (χ0n) is 9.39. The fraction of sp³-hybridized carbons (Fsp3) is 0.417. The number of benzene rings is 1. The fourth-order valence-electron chi connectivity index (χ4n) is 1.67. The third kappa shape index (κ3) is 2.95. The third-order valence-electron chi connectivity index (χ3n) is 2.60. The maximum atomic E-state index is 10.6. The lowest BCUT2D eigenvalue weighted by molar-refractivity contribution is 0.0588. The highest BCUT2D eigenvalue weighted by atomic mass is 16.5. The number of aromatic hydroxyl groups is 1. The monoisotopic (exact) mass is 237 g/mol. The Morgan fingerprint density at radius 1 is 1.59 bits per heavy atom. The number of carbonyl (C=O) groups excluding carboxylic acids is 1. The van der Waals surface area contributed by atoms with E-state index in [1.54, 1.807) is 12.1 Å². The Hall–Kier alpha value is -1.59. The lowest BCUT2D eigenvalue weighted by Gasteiger charge is -2.24. The highest BCUT2D eigenvalue weighted by molar-refractivity contribution is 5.80. The van der Waals surface area contributed by atoms with Crippen LogP contribution in [0, 0.1) is 0 Å². The summed E-state index contributed by atoms with van der Waals surface area (Å²) < 4.78 is 10.8. The number of nitrogens with one attached hydrogen (secondary N) is 1. The number of carbonyl (C=O) groups is 1. The number of aldehydes is 1. The van der Waals surface area contributed by atoms with Gasteiger partial charge in [0.2, 0.25) is 0 Å². The van der Waals surface area contributed by atoms with Crippen molar-refractivity contribution in [2.45, 2.75) is 6.04 Å². The average Bonchev–Trinajstić information content (AvgIpc) is 2.39. The Bertz CT molecular complexity index is 388. The minimum atomic E-state index is -0.112. The van der Waals surface area contributed by atoms with E-state index in [2.05, 4.69) is 5.32 Å². The molecule has 5 heteroatoms. The minimum absolute atomic E-state index is 0.112. The number of para-hydroxylation sites is 1. The minimum Gasteiger partial charge on any atom is -0.504 e. The summed E-state index contributed by atoms with van der Waals surface area (Å²) in [6.07, 6.45) is 0.601. The number of morpholine rings is 1. The standard InChI is InChI=1S/C12H15NO4/c14-6-9-2-1-3-11(12(9)15)17-8-10-7-16-5-4-13-10/h1-3,6,10,13,15H,4-5,7-8H2. The number of phenols is 1. The van der Waals surface area contributed by atoms with Crippen molar-refractivity contribution in [3.63, 3.8) is 0 Å². The second-order valence-electron chi connectivity index (χ2n) is 3.85. The molecule has 5 nitrogen and oxygen atoms in total. The number of hydrogen-bond donors (Lipinski definition) is 2. The highest BCUT2D eigenvalue weighted by Gasteiger charge is 2.15. The van der Waals surface area contributed by atoms with Gasteiger partial charge in [0, 0.05) is 6.54 Å². The van der Waals surface area contributed by atoms with Crippen LogP contribution in [0.15, 0.2) is 18.2 Å². The number of phenolic OH excluding ortho intramolecular Hbond substituents is 1. The molecule has 1 unspecified atom stereocenters. The fourth-order valence-corrected chi connectivity index (χ4v) is 1.67. The van der Waals surface area contributed by atoms with Crippen LogP contribution in [0.4, 0.5) is 0 Å². The maximum Gasteiger partial charge on any atom is 0.168 e. The van der Waals surface area contributed by atoms with Gasteiger partial charge in [0.05, 0.1) is 24.8 Å². The van der Waals surface area contributed by atoms with Crippen LogP contribution in [-0.2, 0) is 4.74 Å². The van der Waals surface area contributed by atoms with Gasteiger partial charge < -0.3 is 19.9 Å². The molecule has 0 radical (unpaired) electrons. The highest BCUT2D eigenvalue weighted by Crippen LogP contribution is 2.28. The molecule has 0 spiro atoms. The molecule has 17 heavy (non-hydrogen) atoms. The first-order valence-electron chi connectivity index (χ1n) is 5.52. The Labute approximate surface area is 99.3 Å². The molecule has 92 valence electrons. The van der Waals surface area contributed by atoms with Gasteiger partial charge in [-0.3, -0.25) is 4.79 Å². The topological polar surface area (TPSA) is 67.8 Å². The van der Waals surface area contributed by atoms with Crippen molar-refractivity contribution in [3.8, 4) is 11.5 Å². The largest absolute Gasteiger partial charge is 0.504 e. The Kier molecular flexibility index (Phi) is 3.95. The molecule has 1 saturated heterocycles. The predicted octanol–water partition coefficient (Wildman–Crippen LogP) is 0.572. The predicted molar refractivity (Wildman–Crippen MR) is 61.6 cm³/mol. The van der Waals surface area contributed by atoms with Crippen LogP contribution in [0.3, 0.4) is 0 Å². The molecule has 0 saturated carbocycles. The lowest BCUT2D eigenvalue weighted by Crippen LogP contribution is -2.44. The molecule has 1 heterocycles. The van der Waals surface area contributed by atoms with E-state index in [1.165, 1.54) is 6.07 Å². The van der Waals surface area contributed by atoms with Crippen molar-refractivity contribution in [1.29, 1.82) is 0 Å². The van der Waals surface area contributed by atoms with E-state index in [1.807, 2.05) is 0 Å². The molecule has 0 amide bonds. The normalized spacial score (nSPS) is 19.9. The van der Waals surface area contributed by atoms with Gasteiger partial charge in [-0.25, -0.2) is 0 Å². The summed E-state index contributed by atoms with van der Waals surface area (Å²) in [5.41, 5.74) is 0.232. The zero-order chi connectivity index (χ0) is 12.1. The average molecular weight is 237 g/mol. The van der Waals surface area contributed by atoms with E-state index in [9.17, 15) is 9.90 Å². The first kappa shape index (κ1) is 11.9.